The summed E-state index contributed by atoms with van der Waals surface area (Å²) in [7, 11) is 0. The summed E-state index contributed by atoms with van der Waals surface area (Å²) in [5.74, 6) is -2.77. The Bertz CT molecular complexity index is 766. The number of aliphatic carboxylic acids is 1. The first kappa shape index (κ1) is 16.6. The Kier molecular flexibility index (Phi) is 4.26. The minimum Gasteiger partial charge on any atom is -0.481 e. The van der Waals surface area contributed by atoms with Crippen molar-refractivity contribution in [3.05, 3.63) is 16.0 Å². The van der Waals surface area contributed by atoms with E-state index in [2.05, 4.69) is 11.4 Å². The molecule has 2 bridgehead atoms. The average molecular weight is 360 g/mol. The number of hydrogen-bond acceptors (Lipinski definition) is 5. The summed E-state index contributed by atoms with van der Waals surface area (Å²) in [5, 5.41) is 22.5. The normalized spacial score (nSPS) is 30.4. The fourth-order valence-electron chi connectivity index (χ4n) is 4.47. The first-order valence-electron chi connectivity index (χ1n) is 8.84. The number of nitrogens with one attached hydrogen (secondary N) is 1. The van der Waals surface area contributed by atoms with Gasteiger partial charge in [0, 0.05) is 4.88 Å². The number of nitrogens with zero attached hydrogens (tertiary/aromatic N) is 1. The standard InChI is InChI=1S/C18H20N2O4S/c19-8-10-9-4-2-1-3-5-13(9)25-17(10)20-16(21)14-11-6-7-12(24-11)15(14)18(22)23/h11-12,14-15H,1-7H2,(H,20,21)(H,22,23)/t11-,12+,14-,15+/m1/s1. The van der Waals surface area contributed by atoms with Gasteiger partial charge in [-0.25, -0.2) is 0 Å². The van der Waals surface area contributed by atoms with Gasteiger partial charge in [-0.15, -0.1) is 11.3 Å². The van der Waals surface area contributed by atoms with E-state index in [1.54, 1.807) is 0 Å². The van der Waals surface area contributed by atoms with E-state index in [1.807, 2.05) is 0 Å². The van der Waals surface area contributed by atoms with Crippen LogP contribution in [0, 0.1) is 23.2 Å². The van der Waals surface area contributed by atoms with Gasteiger partial charge in [-0.2, -0.15) is 5.26 Å². The van der Waals surface area contributed by atoms with Crippen molar-refractivity contribution in [1.82, 2.24) is 0 Å². The van der Waals surface area contributed by atoms with Gasteiger partial charge in [-0.05, 0) is 44.1 Å². The van der Waals surface area contributed by atoms with Crippen LogP contribution in [-0.2, 0) is 27.2 Å². The third-order valence-corrected chi connectivity index (χ3v) is 6.84. The van der Waals surface area contributed by atoms with Gasteiger partial charge in [0.1, 0.15) is 11.1 Å². The number of carboxylic acid groups (broad SMARTS) is 1. The molecule has 4 rings (SSSR count). The van der Waals surface area contributed by atoms with Gasteiger partial charge in [-0.1, -0.05) is 6.42 Å². The minimum atomic E-state index is -0.977. The zero-order chi connectivity index (χ0) is 17.6. The molecule has 0 saturated carbocycles. The molecule has 25 heavy (non-hydrogen) atoms. The Morgan fingerprint density at radius 2 is 1.88 bits per heavy atom. The molecule has 3 aliphatic rings. The zero-order valence-electron chi connectivity index (χ0n) is 13.8. The van der Waals surface area contributed by atoms with Crippen molar-refractivity contribution in [2.45, 2.75) is 57.2 Å². The first-order valence-corrected chi connectivity index (χ1v) is 9.65. The van der Waals surface area contributed by atoms with Crippen LogP contribution in [0.2, 0.25) is 0 Å². The van der Waals surface area contributed by atoms with Crippen LogP contribution in [-0.4, -0.2) is 29.2 Å². The van der Waals surface area contributed by atoms with Crippen LogP contribution < -0.4 is 5.32 Å². The van der Waals surface area contributed by atoms with Crippen LogP contribution in [0.1, 0.15) is 48.1 Å². The highest BCUT2D eigenvalue weighted by Gasteiger charge is 2.55. The molecule has 4 atom stereocenters. The van der Waals surface area contributed by atoms with Crippen molar-refractivity contribution in [2.75, 3.05) is 5.32 Å². The lowest BCUT2D eigenvalue weighted by Gasteiger charge is -2.23. The highest BCUT2D eigenvalue weighted by Crippen LogP contribution is 2.45. The second-order valence-corrected chi connectivity index (χ2v) is 8.15. The summed E-state index contributed by atoms with van der Waals surface area (Å²) < 4.78 is 5.67. The third-order valence-electron chi connectivity index (χ3n) is 5.63. The molecule has 2 saturated heterocycles. The Morgan fingerprint density at radius 1 is 1.16 bits per heavy atom. The van der Waals surface area contributed by atoms with Crippen LogP contribution >= 0.6 is 11.3 Å². The van der Waals surface area contributed by atoms with Crippen molar-refractivity contribution in [3.63, 3.8) is 0 Å². The fourth-order valence-corrected chi connectivity index (χ4v) is 5.71. The third kappa shape index (κ3) is 2.74. The number of amides is 1. The Balaban J connectivity index is 1.59. The number of thiophene rings is 1. The van der Waals surface area contributed by atoms with Crippen LogP contribution in [0.5, 0.6) is 0 Å². The second kappa shape index (κ2) is 6.43. The van der Waals surface area contributed by atoms with E-state index in [0.29, 0.717) is 17.0 Å². The van der Waals surface area contributed by atoms with Crippen molar-refractivity contribution in [1.29, 1.82) is 5.26 Å². The Labute approximate surface area is 149 Å². The lowest BCUT2D eigenvalue weighted by molar-refractivity contribution is -0.147. The number of rotatable bonds is 3. The molecule has 0 radical (unpaired) electrons. The Morgan fingerprint density at radius 3 is 2.60 bits per heavy atom. The molecule has 1 aliphatic carbocycles. The van der Waals surface area contributed by atoms with E-state index in [1.165, 1.54) is 16.2 Å². The number of carboxylic acids is 1. The summed E-state index contributed by atoms with van der Waals surface area (Å²) in [6.07, 6.45) is 5.87. The molecule has 2 fully saturated rings. The van der Waals surface area contributed by atoms with Gasteiger partial charge < -0.3 is 15.2 Å². The van der Waals surface area contributed by atoms with Crippen molar-refractivity contribution < 1.29 is 19.4 Å². The number of aryl methyl sites for hydroxylation is 1. The largest absolute Gasteiger partial charge is 0.481 e. The molecule has 0 aromatic carbocycles. The average Bonchev–Trinajstić information content (AvgIpc) is 3.23. The summed E-state index contributed by atoms with van der Waals surface area (Å²) in [6.45, 7) is 0. The molecule has 0 unspecified atom stereocenters. The molecule has 7 heteroatoms. The second-order valence-electron chi connectivity index (χ2n) is 7.05. The minimum absolute atomic E-state index is 0.325. The summed E-state index contributed by atoms with van der Waals surface area (Å²) in [4.78, 5) is 25.6. The predicted octanol–water partition coefficient (Wildman–Crippen LogP) is 2.71. The van der Waals surface area contributed by atoms with Crippen molar-refractivity contribution in [3.8, 4) is 6.07 Å². The van der Waals surface area contributed by atoms with Crippen LogP contribution in [0.25, 0.3) is 0 Å². The topological polar surface area (TPSA) is 99.4 Å². The van der Waals surface area contributed by atoms with Crippen LogP contribution in [0.15, 0.2) is 0 Å². The number of hydrogen-bond donors (Lipinski definition) is 2. The van der Waals surface area contributed by atoms with E-state index in [0.717, 1.165) is 44.1 Å². The van der Waals surface area contributed by atoms with E-state index in [4.69, 9.17) is 4.74 Å². The lowest BCUT2D eigenvalue weighted by Crippen LogP contribution is -2.40. The van der Waals surface area contributed by atoms with Crippen molar-refractivity contribution >= 4 is 28.2 Å². The number of ether oxygens (including phenoxy) is 1. The van der Waals surface area contributed by atoms with Crippen LogP contribution in [0.3, 0.4) is 0 Å². The molecule has 132 valence electrons. The summed E-state index contributed by atoms with van der Waals surface area (Å²) in [6, 6.07) is 2.24. The highest BCUT2D eigenvalue weighted by atomic mass is 32.1. The van der Waals surface area contributed by atoms with E-state index < -0.39 is 17.8 Å². The number of carbonyl (C=O) groups is 2. The molecule has 0 spiro atoms. The highest BCUT2D eigenvalue weighted by molar-refractivity contribution is 7.16. The van der Waals surface area contributed by atoms with Crippen LogP contribution in [0.4, 0.5) is 5.00 Å². The van der Waals surface area contributed by atoms with E-state index >= 15 is 0 Å². The maximum atomic E-state index is 12.8. The van der Waals surface area contributed by atoms with Gasteiger partial charge in [0.05, 0.1) is 29.6 Å². The number of nitriles is 1. The SMILES string of the molecule is N#Cc1c(NC(=O)[C@H]2[C@@H](C(=O)O)[C@@H]3CC[C@H]2O3)sc2c1CCCCC2. The van der Waals surface area contributed by atoms with Gasteiger partial charge in [0.25, 0.3) is 0 Å². The fraction of sp³-hybridized carbons (Fsp3) is 0.611. The zero-order valence-corrected chi connectivity index (χ0v) is 14.6. The predicted molar refractivity (Wildman–Crippen MR) is 91.4 cm³/mol. The molecule has 1 amide bonds. The van der Waals surface area contributed by atoms with Gasteiger partial charge >= 0.3 is 5.97 Å². The Hall–Kier alpha value is -1.91. The summed E-state index contributed by atoms with van der Waals surface area (Å²) >= 11 is 1.47. The van der Waals surface area contributed by atoms with Gasteiger partial charge in [0.15, 0.2) is 0 Å². The molecule has 2 N–H and O–H groups in total. The van der Waals surface area contributed by atoms with E-state index in [-0.39, 0.29) is 18.1 Å². The van der Waals surface area contributed by atoms with E-state index in [9.17, 15) is 20.0 Å². The molecule has 3 heterocycles. The maximum absolute atomic E-state index is 12.8. The lowest BCUT2D eigenvalue weighted by atomic mass is 9.79. The van der Waals surface area contributed by atoms with Gasteiger partial charge in [-0.3, -0.25) is 9.59 Å². The first-order chi connectivity index (χ1) is 12.1. The molecule has 6 nitrogen and oxygen atoms in total. The molecule has 1 aromatic rings. The number of anilines is 1. The smallest absolute Gasteiger partial charge is 0.310 e. The maximum Gasteiger partial charge on any atom is 0.310 e. The molecular weight excluding hydrogens is 340 g/mol. The van der Waals surface area contributed by atoms with Crippen molar-refractivity contribution in [2.24, 2.45) is 11.8 Å². The number of carbonyl (C=O) groups excluding carboxylic acids is 1. The summed E-state index contributed by atoms with van der Waals surface area (Å²) in [5.41, 5.74) is 1.63. The molecular formula is C18H20N2O4S. The number of fused-ring (bicyclic) bond motifs is 3. The molecule has 2 aliphatic heterocycles. The monoisotopic (exact) mass is 360 g/mol. The quantitative estimate of drug-likeness (QED) is 0.808. The molecule has 1 aromatic heterocycles. The van der Waals surface area contributed by atoms with Gasteiger partial charge in [0.2, 0.25) is 5.91 Å².